The number of nitrogens with one attached hydrogen (secondary N) is 2. The van der Waals surface area contributed by atoms with Crippen LogP contribution in [0.2, 0.25) is 0 Å². The molecule has 0 spiro atoms. The molecule has 4 aromatic rings. The highest BCUT2D eigenvalue weighted by molar-refractivity contribution is 5.91. The number of oxazole rings is 1. The van der Waals surface area contributed by atoms with Gasteiger partial charge in [0.25, 0.3) is 5.91 Å². The summed E-state index contributed by atoms with van der Waals surface area (Å²) >= 11 is 0. The highest BCUT2D eigenvalue weighted by Gasteiger charge is 2.18. The van der Waals surface area contributed by atoms with Gasteiger partial charge >= 0.3 is 0 Å². The van der Waals surface area contributed by atoms with Crippen LogP contribution in [0.5, 0.6) is 17.2 Å². The van der Waals surface area contributed by atoms with Crippen molar-refractivity contribution in [2.24, 2.45) is 0 Å². The lowest BCUT2D eigenvalue weighted by molar-refractivity contribution is 0.0667. The van der Waals surface area contributed by atoms with Gasteiger partial charge in [0.05, 0.1) is 44.5 Å². The largest absolute Gasteiger partial charge is 0.495 e. The molecule has 1 aliphatic heterocycles. The molecule has 0 saturated heterocycles. The Bertz CT molecular complexity index is 1470. The number of hydrogen-bond donors (Lipinski definition) is 2. The Kier molecular flexibility index (Phi) is 10.2. The number of carbonyl (C=O) groups excluding carboxylic acids is 1. The highest BCUT2D eigenvalue weighted by Crippen LogP contribution is 2.34. The summed E-state index contributed by atoms with van der Waals surface area (Å²) in [6.07, 6.45) is 4.25. The van der Waals surface area contributed by atoms with E-state index in [4.69, 9.17) is 33.1 Å². The lowest BCUT2D eigenvalue weighted by Crippen LogP contribution is -2.24. The first-order valence-corrected chi connectivity index (χ1v) is 13.9. The highest BCUT2D eigenvalue weighted by atomic mass is 16.6. The number of benzene rings is 1. The summed E-state index contributed by atoms with van der Waals surface area (Å²) in [6, 6.07) is 7.50. The van der Waals surface area contributed by atoms with Crippen molar-refractivity contribution in [1.82, 2.24) is 30.2 Å². The second-order valence-electron chi connectivity index (χ2n) is 9.48. The zero-order valence-corrected chi connectivity index (χ0v) is 23.9. The Morgan fingerprint density at radius 2 is 1.88 bits per heavy atom. The number of fused-ring (bicyclic) bond motifs is 2. The van der Waals surface area contributed by atoms with Gasteiger partial charge < -0.3 is 43.3 Å². The van der Waals surface area contributed by atoms with Gasteiger partial charge in [-0.3, -0.25) is 9.78 Å². The van der Waals surface area contributed by atoms with E-state index >= 15 is 0 Å². The molecule has 0 unspecified atom stereocenters. The van der Waals surface area contributed by atoms with E-state index < -0.39 is 0 Å². The van der Waals surface area contributed by atoms with Crippen molar-refractivity contribution < 1.29 is 32.9 Å². The van der Waals surface area contributed by atoms with Crippen LogP contribution in [0.4, 0.5) is 0 Å². The Morgan fingerprint density at radius 3 is 2.71 bits per heavy atom. The van der Waals surface area contributed by atoms with Gasteiger partial charge in [0.2, 0.25) is 0 Å². The van der Waals surface area contributed by atoms with Crippen LogP contribution in [0.25, 0.3) is 11.0 Å². The molecule has 42 heavy (non-hydrogen) atoms. The van der Waals surface area contributed by atoms with Crippen LogP contribution in [0, 0.1) is 0 Å². The molecule has 224 valence electrons. The minimum atomic E-state index is -0.340. The monoisotopic (exact) mass is 580 g/mol. The number of imidazole rings is 1. The van der Waals surface area contributed by atoms with Gasteiger partial charge in [-0.25, -0.2) is 9.97 Å². The molecule has 0 fully saturated rings. The van der Waals surface area contributed by atoms with E-state index in [0.717, 1.165) is 28.4 Å². The van der Waals surface area contributed by atoms with Crippen LogP contribution in [0.15, 0.2) is 41.1 Å². The lowest BCUT2D eigenvalue weighted by Gasteiger charge is -2.18. The van der Waals surface area contributed by atoms with Gasteiger partial charge in [-0.1, -0.05) is 0 Å². The Hall–Kier alpha value is -4.20. The molecule has 0 radical (unpaired) electrons. The van der Waals surface area contributed by atoms with Crippen LogP contribution in [0.1, 0.15) is 27.9 Å². The van der Waals surface area contributed by atoms with Crippen LogP contribution >= 0.6 is 0 Å². The van der Waals surface area contributed by atoms with Crippen molar-refractivity contribution in [3.05, 3.63) is 59.8 Å². The molecule has 13 heteroatoms. The summed E-state index contributed by atoms with van der Waals surface area (Å²) in [5, 5.41) is 6.21. The topological polar surface area (TPSA) is 144 Å². The van der Waals surface area contributed by atoms with Gasteiger partial charge in [0, 0.05) is 57.9 Å². The van der Waals surface area contributed by atoms with Crippen molar-refractivity contribution in [3.8, 4) is 17.2 Å². The van der Waals surface area contributed by atoms with Crippen LogP contribution in [-0.4, -0.2) is 85.8 Å². The molecule has 3 aromatic heterocycles. The first-order valence-electron chi connectivity index (χ1n) is 13.9. The van der Waals surface area contributed by atoms with Crippen LogP contribution < -0.4 is 24.8 Å². The van der Waals surface area contributed by atoms with E-state index in [-0.39, 0.29) is 18.1 Å². The van der Waals surface area contributed by atoms with Crippen LogP contribution in [0.3, 0.4) is 0 Å². The molecule has 0 aliphatic carbocycles. The second kappa shape index (κ2) is 14.6. The molecular weight excluding hydrogens is 544 g/mol. The quantitative estimate of drug-likeness (QED) is 0.188. The molecule has 5 rings (SSSR count). The molecule has 1 aromatic carbocycles. The van der Waals surface area contributed by atoms with Gasteiger partial charge in [-0.2, -0.15) is 0 Å². The average molecular weight is 581 g/mol. The maximum atomic E-state index is 12.5. The van der Waals surface area contributed by atoms with Gasteiger partial charge in [-0.15, -0.1) is 0 Å². The summed E-state index contributed by atoms with van der Waals surface area (Å²) in [5.74, 6) is 3.14. The number of hydrogen-bond acceptors (Lipinski definition) is 11. The van der Waals surface area contributed by atoms with Crippen molar-refractivity contribution >= 4 is 16.9 Å². The number of aromatic nitrogens is 4. The minimum Gasteiger partial charge on any atom is -0.495 e. The summed E-state index contributed by atoms with van der Waals surface area (Å²) in [4.78, 5) is 26.0. The number of ether oxygens (including phenoxy) is 5. The third-order valence-corrected chi connectivity index (χ3v) is 6.69. The maximum Gasteiger partial charge on any atom is 0.273 e. The Labute approximate surface area is 243 Å². The van der Waals surface area contributed by atoms with Crippen LogP contribution in [-0.2, 0) is 35.4 Å². The van der Waals surface area contributed by atoms with E-state index in [9.17, 15) is 4.79 Å². The van der Waals surface area contributed by atoms with Gasteiger partial charge in [0.15, 0.2) is 23.1 Å². The number of pyridine rings is 1. The number of carbonyl (C=O) groups is 1. The van der Waals surface area contributed by atoms with E-state index in [1.54, 1.807) is 32.5 Å². The van der Waals surface area contributed by atoms with Gasteiger partial charge in [-0.05, 0) is 12.1 Å². The summed E-state index contributed by atoms with van der Waals surface area (Å²) in [6.45, 7) is 4.89. The molecule has 1 amide bonds. The Balaban J connectivity index is 1.12. The fourth-order valence-corrected chi connectivity index (χ4v) is 4.60. The third kappa shape index (κ3) is 7.35. The fourth-order valence-electron chi connectivity index (χ4n) is 4.60. The summed E-state index contributed by atoms with van der Waals surface area (Å²) in [5.41, 5.74) is 2.70. The average Bonchev–Trinajstić information content (AvgIpc) is 3.63. The first kappa shape index (κ1) is 29.3. The van der Waals surface area contributed by atoms with Gasteiger partial charge in [0.1, 0.15) is 36.7 Å². The zero-order chi connectivity index (χ0) is 29.1. The lowest BCUT2D eigenvalue weighted by atomic mass is 10.2. The maximum absolute atomic E-state index is 12.5. The zero-order valence-electron chi connectivity index (χ0n) is 23.9. The molecule has 0 bridgehead atoms. The third-order valence-electron chi connectivity index (χ3n) is 6.69. The number of rotatable bonds is 16. The number of amides is 1. The van der Waals surface area contributed by atoms with E-state index in [2.05, 4.69) is 25.2 Å². The molecule has 2 N–H and O–H groups in total. The Morgan fingerprint density at radius 1 is 1.05 bits per heavy atom. The van der Waals surface area contributed by atoms with E-state index in [0.29, 0.717) is 82.8 Å². The minimum absolute atomic E-state index is 0.219. The molecule has 0 atom stereocenters. The SMILES string of the molecule is COCCOCCn1c(CCNCCc2nc(C(=O)NCc3ncccc3OC)co2)nc2cc3c(cc21)OCCO3. The molecule has 1 aliphatic rings. The predicted molar refractivity (Wildman–Crippen MR) is 152 cm³/mol. The summed E-state index contributed by atoms with van der Waals surface area (Å²) in [7, 11) is 3.22. The molecule has 0 saturated carbocycles. The van der Waals surface area contributed by atoms with Crippen molar-refractivity contribution in [1.29, 1.82) is 0 Å². The first-order chi connectivity index (χ1) is 20.7. The van der Waals surface area contributed by atoms with E-state index in [1.165, 1.54) is 6.26 Å². The normalized spacial score (nSPS) is 12.5. The van der Waals surface area contributed by atoms with E-state index in [1.807, 2.05) is 12.1 Å². The number of nitrogens with zero attached hydrogens (tertiary/aromatic N) is 4. The van der Waals surface area contributed by atoms with Crippen molar-refractivity contribution in [3.63, 3.8) is 0 Å². The van der Waals surface area contributed by atoms with Crippen molar-refractivity contribution in [2.45, 2.75) is 25.9 Å². The molecular formula is C29H36N6O7. The van der Waals surface area contributed by atoms with Crippen molar-refractivity contribution in [2.75, 3.05) is 60.3 Å². The summed E-state index contributed by atoms with van der Waals surface area (Å²) < 4.78 is 35.3. The second-order valence-corrected chi connectivity index (χ2v) is 9.48. The molecule has 13 nitrogen and oxygen atoms in total. The number of methoxy groups -OCH3 is 2. The molecule has 4 heterocycles. The standard InChI is InChI=1S/C29H36N6O7/c1-37-12-13-39-11-10-35-23-17-26-25(40-14-15-41-26)16-20(23)33-27(35)5-8-30-9-6-28-34-22(19-42-28)29(36)32-18-21-24(38-2)4-3-7-31-21/h3-4,7,16-17,19,30H,5-6,8-15,18H2,1-2H3,(H,32,36). The predicted octanol–water partition coefficient (Wildman–Crippen LogP) is 2.17. The smallest absolute Gasteiger partial charge is 0.273 e. The fraction of sp³-hybridized carbons (Fsp3) is 0.448.